The zero-order valence-corrected chi connectivity index (χ0v) is 12.4. The van der Waals surface area contributed by atoms with Crippen molar-refractivity contribution in [2.24, 2.45) is 0 Å². The molecule has 0 aromatic heterocycles. The number of hydrogen-bond donors (Lipinski definition) is 2. The van der Waals surface area contributed by atoms with Gasteiger partial charge in [0.2, 0.25) is 0 Å². The summed E-state index contributed by atoms with van der Waals surface area (Å²) >= 11 is 0. The molecule has 2 heteroatoms. The second-order valence-electron chi connectivity index (χ2n) is 6.65. The van der Waals surface area contributed by atoms with Gasteiger partial charge in [0.05, 0.1) is 5.60 Å². The van der Waals surface area contributed by atoms with Crippen molar-refractivity contribution < 1.29 is 5.11 Å². The van der Waals surface area contributed by atoms with Gasteiger partial charge in [0.15, 0.2) is 0 Å². The molecule has 0 bridgehead atoms. The molecule has 2 nitrogen and oxygen atoms in total. The Hall–Kier alpha value is -0.860. The molecule has 106 valence electrons. The third kappa shape index (κ3) is 4.63. The smallest absolute Gasteiger partial charge is 0.0591 e. The van der Waals surface area contributed by atoms with Crippen molar-refractivity contribution in [3.63, 3.8) is 0 Å². The van der Waals surface area contributed by atoms with Crippen molar-refractivity contribution in [1.29, 1.82) is 0 Å². The van der Waals surface area contributed by atoms with Gasteiger partial charge in [-0.25, -0.2) is 0 Å². The van der Waals surface area contributed by atoms with Crippen LogP contribution in [-0.2, 0) is 12.8 Å². The molecule has 0 radical (unpaired) electrons. The largest absolute Gasteiger partial charge is 0.390 e. The first kappa shape index (κ1) is 14.5. The molecule has 1 aromatic rings. The van der Waals surface area contributed by atoms with Crippen LogP contribution in [0.5, 0.6) is 0 Å². The first-order valence-electron chi connectivity index (χ1n) is 7.49. The van der Waals surface area contributed by atoms with Gasteiger partial charge in [-0.1, -0.05) is 24.3 Å². The Balaban J connectivity index is 1.72. The predicted molar refractivity (Wildman–Crippen MR) is 80.4 cm³/mol. The third-order valence-electron chi connectivity index (χ3n) is 4.00. The van der Waals surface area contributed by atoms with Crippen molar-refractivity contribution in [2.75, 3.05) is 0 Å². The molecule has 0 saturated heterocycles. The molecule has 0 fully saturated rings. The van der Waals surface area contributed by atoms with Crippen LogP contribution >= 0.6 is 0 Å². The number of hydrogen-bond acceptors (Lipinski definition) is 2. The van der Waals surface area contributed by atoms with Crippen LogP contribution in [0, 0.1) is 0 Å². The van der Waals surface area contributed by atoms with Crippen molar-refractivity contribution in [3.05, 3.63) is 35.4 Å². The minimum absolute atomic E-state index is 0.524. The average molecular weight is 261 g/mol. The molecule has 1 aromatic carbocycles. The van der Waals surface area contributed by atoms with Gasteiger partial charge in [-0.05, 0) is 64.0 Å². The summed E-state index contributed by atoms with van der Waals surface area (Å²) < 4.78 is 0. The highest BCUT2D eigenvalue weighted by Crippen LogP contribution is 2.22. The van der Waals surface area contributed by atoms with E-state index in [1.54, 1.807) is 0 Å². The summed E-state index contributed by atoms with van der Waals surface area (Å²) in [7, 11) is 0. The minimum atomic E-state index is -0.524. The summed E-state index contributed by atoms with van der Waals surface area (Å²) in [6.45, 7) is 6.03. The molecule has 1 aliphatic carbocycles. The van der Waals surface area contributed by atoms with Crippen LogP contribution < -0.4 is 5.32 Å². The van der Waals surface area contributed by atoms with Gasteiger partial charge in [0, 0.05) is 12.1 Å². The second kappa shape index (κ2) is 6.06. The Bertz CT molecular complexity index is 383. The molecule has 0 heterocycles. The van der Waals surface area contributed by atoms with Gasteiger partial charge in [-0.2, -0.15) is 0 Å². The SMILES string of the molecule is C[C@@H](CCCC(C)(C)O)NC1Cc2ccccc2C1. The minimum Gasteiger partial charge on any atom is -0.390 e. The monoisotopic (exact) mass is 261 g/mol. The second-order valence-corrected chi connectivity index (χ2v) is 6.65. The fourth-order valence-corrected chi connectivity index (χ4v) is 3.00. The van der Waals surface area contributed by atoms with Gasteiger partial charge in [-0.15, -0.1) is 0 Å². The molecule has 1 aliphatic rings. The van der Waals surface area contributed by atoms with E-state index in [0.29, 0.717) is 12.1 Å². The van der Waals surface area contributed by atoms with Crippen molar-refractivity contribution in [1.82, 2.24) is 5.32 Å². The summed E-state index contributed by atoms with van der Waals surface area (Å²) in [5, 5.41) is 13.4. The maximum absolute atomic E-state index is 9.71. The molecular weight excluding hydrogens is 234 g/mol. The van der Waals surface area contributed by atoms with Crippen molar-refractivity contribution >= 4 is 0 Å². The van der Waals surface area contributed by atoms with Crippen LogP contribution in [0.1, 0.15) is 51.2 Å². The number of nitrogens with one attached hydrogen (secondary N) is 1. The van der Waals surface area contributed by atoms with Gasteiger partial charge in [0.1, 0.15) is 0 Å². The van der Waals surface area contributed by atoms with E-state index >= 15 is 0 Å². The van der Waals surface area contributed by atoms with Gasteiger partial charge >= 0.3 is 0 Å². The first-order valence-corrected chi connectivity index (χ1v) is 7.49. The van der Waals surface area contributed by atoms with E-state index in [4.69, 9.17) is 0 Å². The lowest BCUT2D eigenvalue weighted by Crippen LogP contribution is -2.37. The quantitative estimate of drug-likeness (QED) is 0.825. The fraction of sp³-hybridized carbons (Fsp3) is 0.647. The topological polar surface area (TPSA) is 32.3 Å². The van der Waals surface area contributed by atoms with Crippen LogP contribution in [0.15, 0.2) is 24.3 Å². The van der Waals surface area contributed by atoms with E-state index in [1.165, 1.54) is 11.1 Å². The number of aliphatic hydroxyl groups is 1. The lowest BCUT2D eigenvalue weighted by Gasteiger charge is -2.21. The highest BCUT2D eigenvalue weighted by atomic mass is 16.3. The van der Waals surface area contributed by atoms with Crippen LogP contribution in [0.4, 0.5) is 0 Å². The summed E-state index contributed by atoms with van der Waals surface area (Å²) in [5.74, 6) is 0. The summed E-state index contributed by atoms with van der Waals surface area (Å²) in [5.41, 5.74) is 2.48. The van der Waals surface area contributed by atoms with Crippen LogP contribution in [0.3, 0.4) is 0 Å². The molecule has 2 N–H and O–H groups in total. The van der Waals surface area contributed by atoms with Crippen LogP contribution in [0.2, 0.25) is 0 Å². The maximum Gasteiger partial charge on any atom is 0.0591 e. The third-order valence-corrected chi connectivity index (χ3v) is 4.00. The Kier molecular flexibility index (Phi) is 4.64. The lowest BCUT2D eigenvalue weighted by molar-refractivity contribution is 0.0674. The van der Waals surface area contributed by atoms with E-state index in [0.717, 1.165) is 32.1 Å². The number of fused-ring (bicyclic) bond motifs is 1. The summed E-state index contributed by atoms with van der Waals surface area (Å²) in [6.07, 6.45) is 5.41. The number of benzene rings is 1. The molecule has 0 saturated carbocycles. The Morgan fingerprint density at radius 2 is 1.84 bits per heavy atom. The summed E-state index contributed by atoms with van der Waals surface area (Å²) in [4.78, 5) is 0. The lowest BCUT2D eigenvalue weighted by atomic mass is 9.99. The first-order chi connectivity index (χ1) is 8.94. The van der Waals surface area contributed by atoms with Gasteiger partial charge in [0.25, 0.3) is 0 Å². The maximum atomic E-state index is 9.71. The van der Waals surface area contributed by atoms with Crippen LogP contribution in [-0.4, -0.2) is 22.8 Å². The Morgan fingerprint density at radius 3 is 2.37 bits per heavy atom. The standard InChI is InChI=1S/C17H27NO/c1-13(7-6-10-17(2,3)19)18-16-11-14-8-4-5-9-15(14)12-16/h4-5,8-9,13,16,18-19H,6-7,10-12H2,1-3H3/t13-/m0/s1. The van der Waals surface area contributed by atoms with E-state index in [-0.39, 0.29) is 0 Å². The molecule has 1 atom stereocenters. The number of rotatable bonds is 6. The highest BCUT2D eigenvalue weighted by Gasteiger charge is 2.22. The van der Waals surface area contributed by atoms with E-state index in [9.17, 15) is 5.11 Å². The van der Waals surface area contributed by atoms with E-state index in [2.05, 4.69) is 36.5 Å². The average Bonchev–Trinajstić information content (AvgIpc) is 2.68. The molecule has 19 heavy (non-hydrogen) atoms. The van der Waals surface area contributed by atoms with Crippen molar-refractivity contribution in [2.45, 2.75) is 70.6 Å². The molecule has 0 unspecified atom stereocenters. The fourth-order valence-electron chi connectivity index (χ4n) is 3.00. The normalized spacial score (nSPS) is 17.5. The van der Waals surface area contributed by atoms with E-state index < -0.39 is 5.60 Å². The zero-order chi connectivity index (χ0) is 13.9. The van der Waals surface area contributed by atoms with Crippen LogP contribution in [0.25, 0.3) is 0 Å². The molecular formula is C17H27NO. The summed E-state index contributed by atoms with van der Waals surface area (Å²) in [6, 6.07) is 9.88. The molecule has 0 spiro atoms. The Labute approximate surface area is 117 Å². The highest BCUT2D eigenvalue weighted by molar-refractivity contribution is 5.33. The predicted octanol–water partition coefficient (Wildman–Crippen LogP) is 3.07. The van der Waals surface area contributed by atoms with Crippen molar-refractivity contribution in [3.8, 4) is 0 Å². The molecule has 0 aliphatic heterocycles. The molecule has 0 amide bonds. The van der Waals surface area contributed by atoms with E-state index in [1.807, 2.05) is 13.8 Å². The van der Waals surface area contributed by atoms with Gasteiger partial charge in [-0.3, -0.25) is 0 Å². The molecule has 2 rings (SSSR count). The Morgan fingerprint density at radius 1 is 1.26 bits per heavy atom. The zero-order valence-electron chi connectivity index (χ0n) is 12.4. The van der Waals surface area contributed by atoms with Gasteiger partial charge < -0.3 is 10.4 Å².